The average Bonchev–Trinajstić information content (AvgIpc) is 2.25. The van der Waals surface area contributed by atoms with Gasteiger partial charge in [0.25, 0.3) is 0 Å². The number of piperazine rings is 1. The fourth-order valence-corrected chi connectivity index (χ4v) is 2.89. The fraction of sp³-hybridized carbons (Fsp3) is 1.00. The van der Waals surface area contributed by atoms with E-state index in [-0.39, 0.29) is 0 Å². The lowest BCUT2D eigenvalue weighted by Gasteiger charge is -2.43. The van der Waals surface area contributed by atoms with Crippen LogP contribution in [0.25, 0.3) is 0 Å². The molecule has 1 saturated heterocycles. The van der Waals surface area contributed by atoms with E-state index in [1.54, 1.807) is 0 Å². The average molecular weight is 239 g/mol. The van der Waals surface area contributed by atoms with Crippen molar-refractivity contribution in [2.75, 3.05) is 39.8 Å². The van der Waals surface area contributed by atoms with Gasteiger partial charge >= 0.3 is 0 Å². The molecule has 1 N–H and O–H groups in total. The van der Waals surface area contributed by atoms with Gasteiger partial charge in [-0.1, -0.05) is 6.42 Å². The second-order valence-corrected chi connectivity index (χ2v) is 6.36. The first-order valence-corrected chi connectivity index (χ1v) is 7.25. The Morgan fingerprint density at radius 2 is 1.88 bits per heavy atom. The molecule has 1 heterocycles. The van der Waals surface area contributed by atoms with Gasteiger partial charge in [-0.15, -0.1) is 0 Å². The number of nitrogens with zero attached hydrogens (tertiary/aromatic N) is 2. The van der Waals surface area contributed by atoms with Crippen LogP contribution in [0, 0.1) is 0 Å². The zero-order valence-electron chi connectivity index (χ0n) is 11.8. The minimum absolute atomic E-state index is 0.361. The van der Waals surface area contributed by atoms with Crippen molar-refractivity contribution in [2.45, 2.75) is 51.1 Å². The maximum absolute atomic E-state index is 3.44. The number of nitrogens with one attached hydrogen (secondary N) is 1. The van der Waals surface area contributed by atoms with Crippen LogP contribution in [0.3, 0.4) is 0 Å². The molecule has 0 atom stereocenters. The summed E-state index contributed by atoms with van der Waals surface area (Å²) in [5.41, 5.74) is 0.361. The van der Waals surface area contributed by atoms with Crippen molar-refractivity contribution in [1.29, 1.82) is 0 Å². The topological polar surface area (TPSA) is 18.5 Å². The molecule has 3 heteroatoms. The van der Waals surface area contributed by atoms with Gasteiger partial charge in [0.1, 0.15) is 0 Å². The van der Waals surface area contributed by atoms with Gasteiger partial charge in [0.05, 0.1) is 0 Å². The summed E-state index contributed by atoms with van der Waals surface area (Å²) < 4.78 is 0. The van der Waals surface area contributed by atoms with Gasteiger partial charge in [-0.05, 0) is 46.7 Å². The Morgan fingerprint density at radius 1 is 1.24 bits per heavy atom. The summed E-state index contributed by atoms with van der Waals surface area (Å²) >= 11 is 0. The van der Waals surface area contributed by atoms with E-state index in [0.717, 1.165) is 19.1 Å². The lowest BCUT2D eigenvalue weighted by Crippen LogP contribution is -2.54. The number of hydrogen-bond donors (Lipinski definition) is 1. The van der Waals surface area contributed by atoms with Gasteiger partial charge in [0.15, 0.2) is 0 Å². The van der Waals surface area contributed by atoms with Crippen LogP contribution in [0.1, 0.15) is 39.5 Å². The lowest BCUT2D eigenvalue weighted by molar-refractivity contribution is 0.0719. The molecule has 1 saturated carbocycles. The van der Waals surface area contributed by atoms with E-state index >= 15 is 0 Å². The second-order valence-electron chi connectivity index (χ2n) is 6.36. The molecular weight excluding hydrogens is 210 g/mol. The summed E-state index contributed by atoms with van der Waals surface area (Å²) in [5.74, 6) is 0. The van der Waals surface area contributed by atoms with E-state index < -0.39 is 0 Å². The molecule has 0 aromatic carbocycles. The van der Waals surface area contributed by atoms with Crippen LogP contribution in [0.2, 0.25) is 0 Å². The Bertz CT molecular complexity index is 230. The highest BCUT2D eigenvalue weighted by molar-refractivity contribution is 4.87. The molecule has 2 fully saturated rings. The van der Waals surface area contributed by atoms with Crippen LogP contribution in [0.5, 0.6) is 0 Å². The molecule has 0 aromatic rings. The van der Waals surface area contributed by atoms with Crippen LogP contribution in [0.15, 0.2) is 0 Å². The first-order valence-electron chi connectivity index (χ1n) is 7.25. The third-order valence-corrected chi connectivity index (χ3v) is 4.75. The van der Waals surface area contributed by atoms with Gasteiger partial charge in [-0.3, -0.25) is 4.90 Å². The monoisotopic (exact) mass is 239 g/mol. The third-order valence-electron chi connectivity index (χ3n) is 4.75. The summed E-state index contributed by atoms with van der Waals surface area (Å²) in [6.07, 6.45) is 5.57. The second kappa shape index (κ2) is 5.68. The standard InChI is InChI=1S/C14H29N3/c1-14(2,17-11-8-15-9-12-17)7-10-16(3)13-5-4-6-13/h13,15H,4-12H2,1-3H3. The highest BCUT2D eigenvalue weighted by Crippen LogP contribution is 2.25. The minimum atomic E-state index is 0.361. The van der Waals surface area contributed by atoms with E-state index in [9.17, 15) is 0 Å². The van der Waals surface area contributed by atoms with E-state index in [2.05, 4.69) is 36.0 Å². The smallest absolute Gasteiger partial charge is 0.0166 e. The van der Waals surface area contributed by atoms with Gasteiger partial charge in [-0.2, -0.15) is 0 Å². The van der Waals surface area contributed by atoms with Crippen LogP contribution >= 0.6 is 0 Å². The lowest BCUT2D eigenvalue weighted by atomic mass is 9.90. The zero-order chi connectivity index (χ0) is 12.3. The Kier molecular flexibility index (Phi) is 4.45. The molecule has 3 nitrogen and oxygen atoms in total. The Labute approximate surface area is 107 Å². The molecule has 0 bridgehead atoms. The maximum Gasteiger partial charge on any atom is 0.0166 e. The molecule has 100 valence electrons. The molecule has 0 radical (unpaired) electrons. The quantitative estimate of drug-likeness (QED) is 0.785. The van der Waals surface area contributed by atoms with E-state index in [4.69, 9.17) is 0 Å². The van der Waals surface area contributed by atoms with Gasteiger partial charge in [0, 0.05) is 37.8 Å². The van der Waals surface area contributed by atoms with Crippen LogP contribution in [-0.2, 0) is 0 Å². The summed E-state index contributed by atoms with van der Waals surface area (Å²) in [4.78, 5) is 5.23. The number of rotatable bonds is 5. The van der Waals surface area contributed by atoms with Gasteiger partial charge in [0.2, 0.25) is 0 Å². The van der Waals surface area contributed by atoms with E-state index in [1.165, 1.54) is 45.3 Å². The van der Waals surface area contributed by atoms with Crippen molar-refractivity contribution in [3.63, 3.8) is 0 Å². The molecule has 2 rings (SSSR count). The molecule has 1 aliphatic heterocycles. The number of hydrogen-bond acceptors (Lipinski definition) is 3. The van der Waals surface area contributed by atoms with E-state index in [1.807, 2.05) is 0 Å². The van der Waals surface area contributed by atoms with Crippen molar-refractivity contribution >= 4 is 0 Å². The highest BCUT2D eigenvalue weighted by atomic mass is 15.2. The molecule has 0 spiro atoms. The van der Waals surface area contributed by atoms with Crippen LogP contribution in [-0.4, -0.2) is 61.2 Å². The third kappa shape index (κ3) is 3.43. The van der Waals surface area contributed by atoms with Crippen molar-refractivity contribution in [1.82, 2.24) is 15.1 Å². The molecule has 2 aliphatic rings. The van der Waals surface area contributed by atoms with Crippen molar-refractivity contribution in [2.24, 2.45) is 0 Å². The van der Waals surface area contributed by atoms with E-state index in [0.29, 0.717) is 5.54 Å². The highest BCUT2D eigenvalue weighted by Gasteiger charge is 2.29. The molecule has 0 amide bonds. The summed E-state index contributed by atoms with van der Waals surface area (Å²) in [5, 5.41) is 3.44. The Balaban J connectivity index is 1.75. The fourth-order valence-electron chi connectivity index (χ4n) is 2.89. The Morgan fingerprint density at radius 3 is 2.41 bits per heavy atom. The zero-order valence-corrected chi connectivity index (χ0v) is 11.8. The Hall–Kier alpha value is -0.120. The summed E-state index contributed by atoms with van der Waals surface area (Å²) in [7, 11) is 2.30. The molecule has 0 aromatic heterocycles. The maximum atomic E-state index is 3.44. The van der Waals surface area contributed by atoms with Crippen LogP contribution < -0.4 is 5.32 Å². The van der Waals surface area contributed by atoms with Gasteiger partial charge < -0.3 is 10.2 Å². The predicted octanol–water partition coefficient (Wildman–Crippen LogP) is 1.54. The minimum Gasteiger partial charge on any atom is -0.314 e. The van der Waals surface area contributed by atoms with Crippen molar-refractivity contribution in [3.05, 3.63) is 0 Å². The first kappa shape index (κ1) is 13.3. The van der Waals surface area contributed by atoms with Crippen LogP contribution in [0.4, 0.5) is 0 Å². The molecule has 0 unspecified atom stereocenters. The molecular formula is C14H29N3. The summed E-state index contributed by atoms with van der Waals surface area (Å²) in [6.45, 7) is 10.8. The molecule has 17 heavy (non-hydrogen) atoms. The van der Waals surface area contributed by atoms with Gasteiger partial charge in [-0.25, -0.2) is 0 Å². The molecule has 1 aliphatic carbocycles. The largest absolute Gasteiger partial charge is 0.314 e. The summed E-state index contributed by atoms with van der Waals surface area (Å²) in [6, 6.07) is 0.883. The predicted molar refractivity (Wildman–Crippen MR) is 73.4 cm³/mol. The normalized spacial score (nSPS) is 24.0. The first-order chi connectivity index (χ1) is 8.09. The SMILES string of the molecule is CN(CCC(C)(C)N1CCNCC1)C1CCC1. The van der Waals surface area contributed by atoms with Crippen molar-refractivity contribution < 1.29 is 0 Å². The van der Waals surface area contributed by atoms with Crippen molar-refractivity contribution in [3.8, 4) is 0 Å².